The van der Waals surface area contributed by atoms with Crippen LogP contribution >= 0.6 is 11.3 Å². The molecule has 1 N–H and O–H groups in total. The maximum atomic E-state index is 14.7. The number of alkyl halides is 2. The largest absolute Gasteiger partial charge is 0.480 e. The third-order valence-electron chi connectivity index (χ3n) is 8.41. The molecule has 0 aliphatic carbocycles. The van der Waals surface area contributed by atoms with E-state index in [2.05, 4.69) is 4.98 Å². The highest BCUT2D eigenvalue weighted by molar-refractivity contribution is 7.22. The second kappa shape index (κ2) is 11.8. The van der Waals surface area contributed by atoms with E-state index in [4.69, 9.17) is 18.6 Å². The number of thiophene rings is 1. The monoisotopic (exact) mass is 649 g/mol. The lowest BCUT2D eigenvalue weighted by atomic mass is 10.0. The van der Waals surface area contributed by atoms with Gasteiger partial charge in [-0.15, -0.1) is 11.3 Å². The van der Waals surface area contributed by atoms with Gasteiger partial charge in [-0.25, -0.2) is 23.5 Å². The topological polar surface area (TPSA) is 135 Å². The van der Waals surface area contributed by atoms with Crippen molar-refractivity contribution < 1.29 is 41.7 Å². The Balaban J connectivity index is 1.57. The minimum absolute atomic E-state index is 0.0493. The van der Waals surface area contributed by atoms with Crippen LogP contribution in [-0.4, -0.2) is 50.1 Å². The van der Waals surface area contributed by atoms with Gasteiger partial charge in [0.1, 0.15) is 34.3 Å². The van der Waals surface area contributed by atoms with E-state index in [9.17, 15) is 32.7 Å². The van der Waals surface area contributed by atoms with E-state index in [1.165, 1.54) is 30.9 Å². The minimum Gasteiger partial charge on any atom is -0.480 e. The molecule has 3 aromatic heterocycles. The maximum Gasteiger partial charge on any atom is 0.387 e. The molecule has 1 aromatic carbocycles. The number of hydrogen-bond donors (Lipinski definition) is 1. The van der Waals surface area contributed by atoms with E-state index in [1.54, 1.807) is 6.92 Å². The van der Waals surface area contributed by atoms with Gasteiger partial charge in [-0.2, -0.15) is 8.78 Å². The molecule has 0 radical (unpaired) electrons. The Bertz CT molecular complexity index is 1850. The molecule has 240 valence electrons. The summed E-state index contributed by atoms with van der Waals surface area (Å²) in [7, 11) is 0. The molecule has 0 saturated carbocycles. The number of aliphatic carboxylic acids is 1. The number of benzene rings is 1. The van der Waals surface area contributed by atoms with Gasteiger partial charge in [0, 0.05) is 5.56 Å². The predicted octanol–water partition coefficient (Wildman–Crippen LogP) is 5.22. The normalized spacial score (nSPS) is 20.6. The van der Waals surface area contributed by atoms with Crippen LogP contribution in [0.25, 0.3) is 21.0 Å². The summed E-state index contributed by atoms with van der Waals surface area (Å²) >= 11 is 1.02. The van der Waals surface area contributed by atoms with E-state index in [1.807, 2.05) is 0 Å². The number of carboxylic acid groups (broad SMARTS) is 1. The molecule has 0 spiro atoms. The Morgan fingerprint density at radius 1 is 1.22 bits per heavy atom. The van der Waals surface area contributed by atoms with E-state index in [0.29, 0.717) is 27.8 Å². The standard InChI is InChI=1S/C30H30F3N3O8S/c1-14-22-25(37)36(30(2,3)27(38)39)29(40)35(26(22)45-23(14)24-34-8-9-41-24)13-21(43-18-11-16-5-6-17(12-18)42-16)19-10-15(31)4-7-20(19)44-28(32)33/h4,7-10,16-18,21,28H,5-6,11-13H2,1-3H3,(H,38,39)/t16-,17-,21+/m1/s1. The zero-order valence-electron chi connectivity index (χ0n) is 24.5. The van der Waals surface area contributed by atoms with Crippen molar-refractivity contribution in [3.63, 3.8) is 0 Å². The fourth-order valence-corrected chi connectivity index (χ4v) is 7.39. The number of carbonyl (C=O) groups is 1. The van der Waals surface area contributed by atoms with Gasteiger partial charge in [0.2, 0.25) is 5.89 Å². The Labute approximate surface area is 257 Å². The molecule has 3 atom stereocenters. The Kier molecular flexibility index (Phi) is 8.12. The zero-order chi connectivity index (χ0) is 32.2. The van der Waals surface area contributed by atoms with Crippen LogP contribution in [0.4, 0.5) is 13.2 Å². The zero-order valence-corrected chi connectivity index (χ0v) is 25.3. The van der Waals surface area contributed by atoms with Crippen LogP contribution in [0.5, 0.6) is 5.75 Å². The number of aromatic nitrogens is 3. The van der Waals surface area contributed by atoms with Crippen molar-refractivity contribution in [2.24, 2.45) is 0 Å². The predicted molar refractivity (Wildman–Crippen MR) is 155 cm³/mol. The molecule has 6 rings (SSSR count). The summed E-state index contributed by atoms with van der Waals surface area (Å²) in [4.78, 5) is 45.1. The second-order valence-corrected chi connectivity index (χ2v) is 12.7. The lowest BCUT2D eigenvalue weighted by Gasteiger charge is -2.33. The second-order valence-electron chi connectivity index (χ2n) is 11.7. The molecule has 0 amide bonds. The number of nitrogens with zero attached hydrogens (tertiary/aromatic N) is 3. The van der Waals surface area contributed by atoms with Crippen LogP contribution in [-0.2, 0) is 26.4 Å². The first-order chi connectivity index (χ1) is 21.3. The molecule has 0 unspecified atom stereocenters. The lowest BCUT2D eigenvalue weighted by molar-refractivity contribution is -0.146. The Morgan fingerprint density at radius 2 is 1.93 bits per heavy atom. The molecular formula is C30H30F3N3O8S. The maximum absolute atomic E-state index is 14.7. The quantitative estimate of drug-likeness (QED) is 0.246. The first kappa shape index (κ1) is 31.0. The molecule has 15 heteroatoms. The average Bonchev–Trinajstić information content (AvgIpc) is 3.70. The first-order valence-electron chi connectivity index (χ1n) is 14.3. The highest BCUT2D eigenvalue weighted by Crippen LogP contribution is 2.40. The molecule has 11 nitrogen and oxygen atoms in total. The average molecular weight is 650 g/mol. The van der Waals surface area contributed by atoms with Crippen LogP contribution in [0, 0.1) is 12.7 Å². The summed E-state index contributed by atoms with van der Waals surface area (Å²) in [6, 6.07) is 3.04. The number of hydrogen-bond acceptors (Lipinski definition) is 9. The van der Waals surface area contributed by atoms with E-state index >= 15 is 0 Å². The van der Waals surface area contributed by atoms with Crippen LogP contribution < -0.4 is 16.0 Å². The third-order valence-corrected chi connectivity index (χ3v) is 9.71. The fourth-order valence-electron chi connectivity index (χ4n) is 6.14. The summed E-state index contributed by atoms with van der Waals surface area (Å²) < 4.78 is 66.1. The van der Waals surface area contributed by atoms with Crippen molar-refractivity contribution in [1.29, 1.82) is 0 Å². The van der Waals surface area contributed by atoms with Gasteiger partial charge < -0.3 is 23.7 Å². The van der Waals surface area contributed by atoms with E-state index in [-0.39, 0.29) is 39.6 Å². The SMILES string of the molecule is Cc1c(-c2ncco2)sc2c1c(=O)n(C(C)(C)C(=O)O)c(=O)n2C[C@H](OC1C[C@H]2CC[C@H](C1)O2)c1cc(F)ccc1OC(F)F. The molecule has 45 heavy (non-hydrogen) atoms. The number of fused-ring (bicyclic) bond motifs is 3. The minimum atomic E-state index is -3.23. The Morgan fingerprint density at radius 3 is 2.56 bits per heavy atom. The van der Waals surface area contributed by atoms with Crippen molar-refractivity contribution in [3.8, 4) is 16.5 Å². The van der Waals surface area contributed by atoms with E-state index in [0.717, 1.165) is 42.4 Å². The molecule has 2 fully saturated rings. The summed E-state index contributed by atoms with van der Waals surface area (Å²) in [5.41, 5.74) is -3.48. The van der Waals surface area contributed by atoms with Gasteiger partial charge in [-0.1, -0.05) is 0 Å². The third kappa shape index (κ3) is 5.68. The number of halogens is 3. The van der Waals surface area contributed by atoms with Crippen LogP contribution in [0.3, 0.4) is 0 Å². The summed E-state index contributed by atoms with van der Waals surface area (Å²) in [5.74, 6) is -2.35. The number of rotatable bonds is 10. The van der Waals surface area contributed by atoms with Crippen molar-refractivity contribution in [1.82, 2.24) is 14.1 Å². The van der Waals surface area contributed by atoms with Gasteiger partial charge in [0.05, 0.1) is 41.3 Å². The lowest BCUT2D eigenvalue weighted by Crippen LogP contribution is -2.52. The van der Waals surface area contributed by atoms with E-state index < -0.39 is 53.9 Å². The van der Waals surface area contributed by atoms with Crippen molar-refractivity contribution in [2.45, 2.75) is 89.6 Å². The number of ether oxygens (including phenoxy) is 3. The summed E-state index contributed by atoms with van der Waals surface area (Å²) in [5, 5.41) is 10.1. The van der Waals surface area contributed by atoms with Crippen molar-refractivity contribution >= 4 is 27.5 Å². The summed E-state index contributed by atoms with van der Waals surface area (Å²) in [6.45, 7) is 0.437. The van der Waals surface area contributed by atoms with Gasteiger partial charge in [-0.3, -0.25) is 9.36 Å². The summed E-state index contributed by atoms with van der Waals surface area (Å²) in [6.07, 6.45) is 3.64. The molecule has 2 aliphatic heterocycles. The van der Waals surface area contributed by atoms with Gasteiger partial charge >= 0.3 is 18.3 Å². The van der Waals surface area contributed by atoms with Crippen LogP contribution in [0.1, 0.15) is 56.8 Å². The molecule has 4 aromatic rings. The fraction of sp³-hybridized carbons (Fsp3) is 0.467. The first-order valence-corrected chi connectivity index (χ1v) is 15.1. The van der Waals surface area contributed by atoms with Gasteiger partial charge in [0.15, 0.2) is 0 Å². The number of aryl methyl sites for hydroxylation is 1. The van der Waals surface area contributed by atoms with Gasteiger partial charge in [-0.05, 0) is 70.2 Å². The smallest absolute Gasteiger partial charge is 0.387 e. The molecular weight excluding hydrogens is 619 g/mol. The van der Waals surface area contributed by atoms with Crippen molar-refractivity contribution in [2.75, 3.05) is 0 Å². The van der Waals surface area contributed by atoms with Crippen LogP contribution in [0.15, 0.2) is 44.7 Å². The molecule has 2 aliphatic rings. The highest BCUT2D eigenvalue weighted by atomic mass is 32.1. The van der Waals surface area contributed by atoms with Crippen LogP contribution in [0.2, 0.25) is 0 Å². The van der Waals surface area contributed by atoms with Gasteiger partial charge in [0.25, 0.3) is 5.56 Å². The number of oxazole rings is 1. The molecule has 2 bridgehead atoms. The highest BCUT2D eigenvalue weighted by Gasteiger charge is 2.39. The molecule has 5 heterocycles. The number of carboxylic acids is 1. The molecule has 2 saturated heterocycles. The van der Waals surface area contributed by atoms with Crippen molar-refractivity contribution in [3.05, 3.63) is 68.4 Å². The Hall–Kier alpha value is -3.95.